The number of benzene rings is 1. The van der Waals surface area contributed by atoms with Crippen LogP contribution in [0.1, 0.15) is 18.4 Å². The molecule has 13 heteroatoms. The van der Waals surface area contributed by atoms with E-state index in [2.05, 4.69) is 4.65 Å². The summed E-state index contributed by atoms with van der Waals surface area (Å²) in [6.07, 6.45) is -14.2. The van der Waals surface area contributed by atoms with Crippen molar-refractivity contribution in [1.82, 2.24) is 0 Å². The Morgan fingerprint density at radius 2 is 1.45 bits per heavy atom. The number of alkyl halides is 10. The predicted octanol–water partition coefficient (Wildman–Crippen LogP) is 2.90. The molecule has 1 aromatic carbocycles. The molecule has 29 heavy (non-hydrogen) atoms. The van der Waals surface area contributed by atoms with Crippen LogP contribution in [0.5, 0.6) is 0 Å². The average Bonchev–Trinajstić information content (AvgIpc) is 3.14. The molecule has 0 spiro atoms. The van der Waals surface area contributed by atoms with Crippen molar-refractivity contribution < 1.29 is 53.4 Å². The standard InChI is InChI=1S/C16H14BF10NO/c1-9-5-2-3-6-10(9)17-28-8-4-7-11(28)12(29-17,13(18,19)15(22,23)24)14(20,21)16(25,26)27/h2-3,5-6,11H,4,7-8H2,1H3/p+1/t11-/m0/s1. The van der Waals surface area contributed by atoms with Crippen LogP contribution >= 0.6 is 0 Å². The maximum absolute atomic E-state index is 14.5. The van der Waals surface area contributed by atoms with E-state index in [9.17, 15) is 43.9 Å². The number of rotatable bonds is 3. The van der Waals surface area contributed by atoms with Crippen LogP contribution in [0, 0.1) is 6.92 Å². The minimum Gasteiger partial charge on any atom is -0.368 e. The van der Waals surface area contributed by atoms with Crippen LogP contribution in [0.25, 0.3) is 0 Å². The first-order valence-corrected chi connectivity index (χ1v) is 8.57. The molecule has 2 aliphatic rings. The Balaban J connectivity index is 2.28. The number of quaternary nitrogens is 1. The van der Waals surface area contributed by atoms with Gasteiger partial charge in [-0.15, -0.1) is 0 Å². The molecule has 1 aromatic rings. The highest BCUT2D eigenvalue weighted by molar-refractivity contribution is 6.60. The maximum Gasteiger partial charge on any atom is 0.610 e. The van der Waals surface area contributed by atoms with Gasteiger partial charge in [0.2, 0.25) is 0 Å². The molecule has 0 radical (unpaired) electrons. The summed E-state index contributed by atoms with van der Waals surface area (Å²) in [5.41, 5.74) is -4.85. The second-order valence-corrected chi connectivity index (χ2v) is 7.25. The minimum atomic E-state index is -6.68. The van der Waals surface area contributed by atoms with Gasteiger partial charge in [0, 0.05) is 18.3 Å². The molecule has 3 rings (SSSR count). The Hall–Kier alpha value is -1.50. The molecule has 0 saturated carbocycles. The second-order valence-electron chi connectivity index (χ2n) is 7.25. The summed E-state index contributed by atoms with van der Waals surface area (Å²) in [7, 11) is -1.83. The fraction of sp³-hybridized carbons (Fsp3) is 0.625. The van der Waals surface area contributed by atoms with Crippen LogP contribution in [0.3, 0.4) is 0 Å². The molecule has 1 unspecified atom stereocenters. The Bertz CT molecular complexity index is 752. The van der Waals surface area contributed by atoms with Crippen molar-refractivity contribution in [3.05, 3.63) is 29.8 Å². The lowest BCUT2D eigenvalue weighted by atomic mass is 9.70. The van der Waals surface area contributed by atoms with Gasteiger partial charge in [0.15, 0.2) is 0 Å². The number of aryl methyl sites for hydroxylation is 1. The quantitative estimate of drug-likeness (QED) is 0.567. The van der Waals surface area contributed by atoms with E-state index in [0.717, 1.165) is 0 Å². The molecule has 2 heterocycles. The van der Waals surface area contributed by atoms with Crippen molar-refractivity contribution >= 4 is 12.5 Å². The highest BCUT2D eigenvalue weighted by atomic mass is 19.4. The van der Waals surface area contributed by atoms with Gasteiger partial charge in [0.05, 0.1) is 6.54 Å². The lowest BCUT2D eigenvalue weighted by Gasteiger charge is -2.44. The van der Waals surface area contributed by atoms with Crippen molar-refractivity contribution in [2.45, 2.75) is 55.6 Å². The fourth-order valence-corrected chi connectivity index (χ4v) is 4.34. The third-order valence-electron chi connectivity index (χ3n) is 5.65. The normalized spacial score (nSPS) is 25.4. The second kappa shape index (κ2) is 6.50. The van der Waals surface area contributed by atoms with Crippen molar-refractivity contribution in [3.63, 3.8) is 0 Å². The third-order valence-corrected chi connectivity index (χ3v) is 5.65. The van der Waals surface area contributed by atoms with E-state index in [-0.39, 0.29) is 23.2 Å². The van der Waals surface area contributed by atoms with Gasteiger partial charge in [-0.25, -0.2) is 0 Å². The van der Waals surface area contributed by atoms with E-state index in [1.807, 2.05) is 0 Å². The SMILES string of the molecule is Cc1ccccc1B1OC(C(F)(F)C(F)(F)F)(C(F)(F)C(F)(F)F)[C@@H]2CCC[NH+]12. The van der Waals surface area contributed by atoms with Crippen LogP contribution in [-0.4, -0.2) is 49.4 Å². The monoisotopic (exact) mass is 438 g/mol. The summed E-state index contributed by atoms with van der Waals surface area (Å²) in [6.45, 7) is 1.24. The topological polar surface area (TPSA) is 13.7 Å². The molecule has 2 saturated heterocycles. The van der Waals surface area contributed by atoms with Gasteiger partial charge in [-0.05, 0) is 12.5 Å². The van der Waals surface area contributed by atoms with Crippen LogP contribution in [0.15, 0.2) is 24.3 Å². The zero-order valence-electron chi connectivity index (χ0n) is 14.8. The summed E-state index contributed by atoms with van der Waals surface area (Å²) < 4.78 is 142. The third kappa shape index (κ3) is 2.87. The van der Waals surface area contributed by atoms with Crippen molar-refractivity contribution in [3.8, 4) is 0 Å². The van der Waals surface area contributed by atoms with E-state index in [4.69, 9.17) is 0 Å². The lowest BCUT2D eigenvalue weighted by Crippen LogP contribution is -3.20. The molecule has 2 aliphatic heterocycles. The summed E-state index contributed by atoms with van der Waals surface area (Å²) in [4.78, 5) is -0.299. The highest BCUT2D eigenvalue weighted by Crippen LogP contribution is 2.59. The van der Waals surface area contributed by atoms with Gasteiger partial charge in [0.25, 0.3) is 5.60 Å². The molecular weight excluding hydrogens is 423 g/mol. The van der Waals surface area contributed by atoms with Crippen LogP contribution < -0.4 is 10.3 Å². The first-order valence-electron chi connectivity index (χ1n) is 8.57. The van der Waals surface area contributed by atoms with Gasteiger partial charge < -0.3 is 9.47 Å². The lowest BCUT2D eigenvalue weighted by molar-refractivity contribution is -0.803. The first kappa shape index (κ1) is 22.2. The number of hydrogen-bond donors (Lipinski definition) is 1. The van der Waals surface area contributed by atoms with E-state index in [0.29, 0.717) is 5.56 Å². The molecule has 2 nitrogen and oxygen atoms in total. The van der Waals surface area contributed by atoms with Gasteiger partial charge in [-0.1, -0.05) is 24.3 Å². The summed E-state index contributed by atoms with van der Waals surface area (Å²) in [5.74, 6) is -12.9. The Morgan fingerprint density at radius 1 is 0.931 bits per heavy atom. The van der Waals surface area contributed by atoms with E-state index < -0.39 is 49.3 Å². The largest absolute Gasteiger partial charge is 0.610 e. The average molecular weight is 438 g/mol. The van der Waals surface area contributed by atoms with Crippen molar-refractivity contribution in [2.75, 3.05) is 6.54 Å². The van der Waals surface area contributed by atoms with Crippen molar-refractivity contribution in [1.29, 1.82) is 0 Å². The number of fused-ring (bicyclic) bond motifs is 1. The smallest absolute Gasteiger partial charge is 0.368 e. The van der Waals surface area contributed by atoms with Crippen LogP contribution in [0.4, 0.5) is 43.9 Å². The zero-order chi connectivity index (χ0) is 22.0. The zero-order valence-corrected chi connectivity index (χ0v) is 14.8. The predicted molar refractivity (Wildman–Crippen MR) is 81.2 cm³/mol. The molecule has 0 aliphatic carbocycles. The molecule has 162 valence electrons. The highest BCUT2D eigenvalue weighted by Gasteiger charge is 2.93. The van der Waals surface area contributed by atoms with Gasteiger partial charge in [0.1, 0.15) is 6.04 Å². The fourth-order valence-electron chi connectivity index (χ4n) is 4.34. The minimum absolute atomic E-state index is 0.0211. The summed E-state index contributed by atoms with van der Waals surface area (Å²) in [6, 6.07) is 3.11. The Kier molecular flexibility index (Phi) is 4.97. The molecule has 2 fully saturated rings. The van der Waals surface area contributed by atoms with Gasteiger partial charge >= 0.3 is 31.2 Å². The molecule has 0 amide bonds. The van der Waals surface area contributed by atoms with Gasteiger partial charge in [-0.3, -0.25) is 0 Å². The molecular formula is C16H15BF10NO+. The summed E-state index contributed by atoms with van der Waals surface area (Å²) in [5, 5.41) is 0. The molecule has 0 bridgehead atoms. The van der Waals surface area contributed by atoms with Crippen LogP contribution in [-0.2, 0) is 4.65 Å². The van der Waals surface area contributed by atoms with E-state index in [1.165, 1.54) is 31.2 Å². The molecule has 0 aromatic heterocycles. The Morgan fingerprint density at radius 3 is 1.93 bits per heavy atom. The first-order chi connectivity index (χ1) is 13.1. The summed E-state index contributed by atoms with van der Waals surface area (Å²) >= 11 is 0. The van der Waals surface area contributed by atoms with E-state index in [1.54, 1.807) is 0 Å². The number of halogens is 10. The van der Waals surface area contributed by atoms with Gasteiger partial charge in [-0.2, -0.15) is 43.9 Å². The number of hydrogen-bond acceptors (Lipinski definition) is 1. The maximum atomic E-state index is 14.5. The Labute approximate surface area is 158 Å². The van der Waals surface area contributed by atoms with Crippen LogP contribution in [0.2, 0.25) is 0 Å². The van der Waals surface area contributed by atoms with Crippen molar-refractivity contribution in [2.24, 2.45) is 0 Å². The molecule has 2 atom stereocenters. The number of nitrogens with one attached hydrogen (secondary N) is 1. The van der Waals surface area contributed by atoms with E-state index >= 15 is 0 Å². The molecule has 1 N–H and O–H groups in total.